The molecule has 2 aromatic heterocycles. The zero-order valence-corrected chi connectivity index (χ0v) is 17.5. The SMILES string of the molecule is Cc1ccc(CC(=O)NCCn2cc(C)c3cc(-c4noc(C(F)(F)F)n4)ccc32)cc1. The Morgan fingerprint density at radius 2 is 1.88 bits per heavy atom. The number of amides is 1. The van der Waals surface area contributed by atoms with Gasteiger partial charge in [-0.05, 0) is 43.2 Å². The van der Waals surface area contributed by atoms with Crippen molar-refractivity contribution in [3.05, 3.63) is 71.2 Å². The number of alkyl halides is 3. The van der Waals surface area contributed by atoms with Crippen LogP contribution in [-0.4, -0.2) is 27.2 Å². The predicted molar refractivity (Wildman–Crippen MR) is 113 cm³/mol. The normalized spacial score (nSPS) is 11.8. The molecule has 1 amide bonds. The maximum absolute atomic E-state index is 12.7. The fraction of sp³-hybridized carbons (Fsp3) is 0.261. The number of fused-ring (bicyclic) bond motifs is 1. The van der Waals surface area contributed by atoms with Crippen molar-refractivity contribution in [3.63, 3.8) is 0 Å². The maximum atomic E-state index is 12.7. The first kappa shape index (κ1) is 21.6. The average Bonchev–Trinajstić information content (AvgIpc) is 3.35. The average molecular weight is 442 g/mol. The lowest BCUT2D eigenvalue weighted by Crippen LogP contribution is -2.28. The van der Waals surface area contributed by atoms with Crippen LogP contribution in [0.2, 0.25) is 0 Å². The molecule has 32 heavy (non-hydrogen) atoms. The summed E-state index contributed by atoms with van der Waals surface area (Å²) in [5, 5.41) is 7.23. The van der Waals surface area contributed by atoms with Gasteiger partial charge in [-0.15, -0.1) is 0 Å². The number of aryl methyl sites for hydroxylation is 2. The smallest absolute Gasteiger partial charge is 0.354 e. The number of carbonyl (C=O) groups excluding carboxylic acids is 1. The first-order chi connectivity index (χ1) is 15.2. The second-order valence-electron chi connectivity index (χ2n) is 7.67. The van der Waals surface area contributed by atoms with E-state index < -0.39 is 12.1 Å². The van der Waals surface area contributed by atoms with E-state index in [-0.39, 0.29) is 11.7 Å². The van der Waals surface area contributed by atoms with E-state index in [9.17, 15) is 18.0 Å². The summed E-state index contributed by atoms with van der Waals surface area (Å²) in [5.74, 6) is -1.54. The van der Waals surface area contributed by atoms with Crippen molar-refractivity contribution in [1.82, 2.24) is 20.0 Å². The van der Waals surface area contributed by atoms with E-state index in [2.05, 4.69) is 20.0 Å². The van der Waals surface area contributed by atoms with E-state index in [0.29, 0.717) is 25.1 Å². The van der Waals surface area contributed by atoms with Crippen LogP contribution in [0.4, 0.5) is 13.2 Å². The van der Waals surface area contributed by atoms with Crippen molar-refractivity contribution < 1.29 is 22.5 Å². The van der Waals surface area contributed by atoms with Gasteiger partial charge in [-0.1, -0.05) is 35.0 Å². The molecular formula is C23H21F3N4O2. The largest absolute Gasteiger partial charge is 0.471 e. The Balaban J connectivity index is 1.43. The van der Waals surface area contributed by atoms with Crippen LogP contribution in [0.25, 0.3) is 22.3 Å². The summed E-state index contributed by atoms with van der Waals surface area (Å²) >= 11 is 0. The van der Waals surface area contributed by atoms with Crippen molar-refractivity contribution in [2.75, 3.05) is 6.54 Å². The molecule has 0 fully saturated rings. The van der Waals surface area contributed by atoms with Crippen LogP contribution >= 0.6 is 0 Å². The molecule has 6 nitrogen and oxygen atoms in total. The molecule has 0 spiro atoms. The van der Waals surface area contributed by atoms with Gasteiger partial charge in [0, 0.05) is 35.8 Å². The monoisotopic (exact) mass is 442 g/mol. The zero-order valence-electron chi connectivity index (χ0n) is 17.5. The molecule has 0 atom stereocenters. The van der Waals surface area contributed by atoms with Gasteiger partial charge in [0.05, 0.1) is 6.42 Å². The fourth-order valence-corrected chi connectivity index (χ4v) is 3.52. The summed E-state index contributed by atoms with van der Waals surface area (Å²) in [6.07, 6.45) is -2.42. The van der Waals surface area contributed by atoms with Crippen LogP contribution < -0.4 is 5.32 Å². The molecule has 9 heteroatoms. The molecule has 2 aromatic carbocycles. The molecular weight excluding hydrogens is 421 g/mol. The molecule has 1 N–H and O–H groups in total. The number of aromatic nitrogens is 3. The van der Waals surface area contributed by atoms with Gasteiger partial charge in [-0.3, -0.25) is 4.79 Å². The summed E-state index contributed by atoms with van der Waals surface area (Å²) in [4.78, 5) is 15.7. The Kier molecular flexibility index (Phi) is 5.73. The van der Waals surface area contributed by atoms with Crippen molar-refractivity contribution in [1.29, 1.82) is 0 Å². The van der Waals surface area contributed by atoms with E-state index in [1.807, 2.05) is 48.9 Å². The third-order valence-corrected chi connectivity index (χ3v) is 5.17. The number of halogens is 3. The minimum atomic E-state index is -4.68. The lowest BCUT2D eigenvalue weighted by atomic mass is 10.1. The Bertz CT molecular complexity index is 1260. The van der Waals surface area contributed by atoms with Gasteiger partial charge in [0.25, 0.3) is 0 Å². The van der Waals surface area contributed by atoms with Gasteiger partial charge in [0.2, 0.25) is 11.7 Å². The lowest BCUT2D eigenvalue weighted by Gasteiger charge is -2.08. The molecule has 0 aliphatic heterocycles. The molecule has 0 saturated heterocycles. The molecule has 2 heterocycles. The number of benzene rings is 2. The maximum Gasteiger partial charge on any atom is 0.471 e. The van der Waals surface area contributed by atoms with Gasteiger partial charge in [0.15, 0.2) is 0 Å². The number of carbonyl (C=O) groups is 1. The zero-order chi connectivity index (χ0) is 22.9. The second-order valence-corrected chi connectivity index (χ2v) is 7.67. The number of hydrogen-bond donors (Lipinski definition) is 1. The van der Waals surface area contributed by atoms with Gasteiger partial charge in [-0.25, -0.2) is 0 Å². The van der Waals surface area contributed by atoms with E-state index in [1.54, 1.807) is 18.2 Å². The molecule has 0 bridgehead atoms. The highest BCUT2D eigenvalue weighted by molar-refractivity contribution is 5.87. The summed E-state index contributed by atoms with van der Waals surface area (Å²) in [6, 6.07) is 13.0. The fourth-order valence-electron chi connectivity index (χ4n) is 3.52. The molecule has 0 saturated carbocycles. The Morgan fingerprint density at radius 1 is 1.12 bits per heavy atom. The van der Waals surface area contributed by atoms with Crippen LogP contribution in [-0.2, 0) is 23.9 Å². The van der Waals surface area contributed by atoms with Gasteiger partial charge in [-0.2, -0.15) is 18.2 Å². The molecule has 4 rings (SSSR count). The van der Waals surface area contributed by atoms with E-state index in [1.165, 1.54) is 0 Å². The molecule has 4 aromatic rings. The van der Waals surface area contributed by atoms with Crippen molar-refractivity contribution >= 4 is 16.8 Å². The predicted octanol–water partition coefficient (Wildman–Crippen LogP) is 4.69. The van der Waals surface area contributed by atoms with Crippen LogP contribution in [0.15, 0.2) is 53.2 Å². The van der Waals surface area contributed by atoms with Crippen LogP contribution in [0, 0.1) is 13.8 Å². The van der Waals surface area contributed by atoms with E-state index in [4.69, 9.17) is 0 Å². The topological polar surface area (TPSA) is 73.0 Å². The third kappa shape index (κ3) is 4.66. The minimum Gasteiger partial charge on any atom is -0.354 e. The number of nitrogens with zero attached hydrogens (tertiary/aromatic N) is 3. The second kappa shape index (κ2) is 8.49. The van der Waals surface area contributed by atoms with E-state index in [0.717, 1.165) is 27.6 Å². The summed E-state index contributed by atoms with van der Waals surface area (Å²) in [5.41, 5.74) is 4.39. The number of rotatable bonds is 6. The first-order valence-electron chi connectivity index (χ1n) is 10.0. The lowest BCUT2D eigenvalue weighted by molar-refractivity contribution is -0.159. The van der Waals surface area contributed by atoms with Crippen molar-refractivity contribution in [3.8, 4) is 11.4 Å². The Hall–Kier alpha value is -3.62. The van der Waals surface area contributed by atoms with Crippen LogP contribution in [0.1, 0.15) is 22.6 Å². The molecule has 0 aliphatic rings. The van der Waals surface area contributed by atoms with E-state index >= 15 is 0 Å². The Labute approximate surface area is 182 Å². The van der Waals surface area contributed by atoms with Crippen molar-refractivity contribution in [2.45, 2.75) is 33.0 Å². The van der Waals surface area contributed by atoms with Crippen LogP contribution in [0.5, 0.6) is 0 Å². The summed E-state index contributed by atoms with van der Waals surface area (Å²) in [6.45, 7) is 4.92. The molecule has 166 valence electrons. The third-order valence-electron chi connectivity index (χ3n) is 5.17. The minimum absolute atomic E-state index is 0.0538. The first-order valence-corrected chi connectivity index (χ1v) is 10.0. The van der Waals surface area contributed by atoms with Gasteiger partial charge in [0.1, 0.15) is 0 Å². The highest BCUT2D eigenvalue weighted by Gasteiger charge is 2.38. The van der Waals surface area contributed by atoms with Gasteiger partial charge < -0.3 is 14.4 Å². The Morgan fingerprint density at radius 3 is 2.56 bits per heavy atom. The van der Waals surface area contributed by atoms with Crippen molar-refractivity contribution in [2.24, 2.45) is 0 Å². The highest BCUT2D eigenvalue weighted by Crippen LogP contribution is 2.31. The summed E-state index contributed by atoms with van der Waals surface area (Å²) in [7, 11) is 0. The van der Waals surface area contributed by atoms with Gasteiger partial charge >= 0.3 is 12.1 Å². The molecule has 0 unspecified atom stereocenters. The number of nitrogens with one attached hydrogen (secondary N) is 1. The quantitative estimate of drug-likeness (QED) is 0.470. The summed E-state index contributed by atoms with van der Waals surface area (Å²) < 4.78 is 44.5. The highest BCUT2D eigenvalue weighted by atomic mass is 19.4. The standard InChI is InChI=1S/C23H21F3N4O2/c1-14-3-5-16(6-4-14)11-20(31)27-9-10-30-13-15(2)18-12-17(7-8-19(18)30)21-28-22(32-29-21)23(24,25)26/h3-8,12-13H,9-11H2,1-2H3,(H,27,31). The number of hydrogen-bond acceptors (Lipinski definition) is 4. The molecule has 0 radical (unpaired) electrons. The molecule has 0 aliphatic carbocycles. The van der Waals surface area contributed by atoms with Crippen LogP contribution in [0.3, 0.4) is 0 Å².